The first-order chi connectivity index (χ1) is 10.1. The molecule has 0 radical (unpaired) electrons. The number of aromatic nitrogens is 2. The van der Waals surface area contributed by atoms with Crippen molar-refractivity contribution in [1.29, 1.82) is 0 Å². The molecule has 5 heteroatoms. The lowest BCUT2D eigenvalue weighted by Gasteiger charge is -2.34. The minimum atomic E-state index is -0.0973. The smallest absolute Gasteiger partial charge is 0.247 e. The fourth-order valence-electron chi connectivity index (χ4n) is 2.72. The van der Waals surface area contributed by atoms with Crippen molar-refractivity contribution in [2.75, 3.05) is 13.6 Å². The Morgan fingerprint density at radius 3 is 2.62 bits per heavy atom. The van der Waals surface area contributed by atoms with Gasteiger partial charge in [-0.1, -0.05) is 17.7 Å². The second-order valence-electron chi connectivity index (χ2n) is 6.05. The first-order valence-corrected chi connectivity index (χ1v) is 7.36. The van der Waals surface area contributed by atoms with Crippen LogP contribution in [0, 0.1) is 12.8 Å². The zero-order valence-electron chi connectivity index (χ0n) is 12.5. The minimum absolute atomic E-state index is 0.0973. The van der Waals surface area contributed by atoms with Crippen LogP contribution in [0.4, 0.5) is 0 Å². The molecule has 0 atom stereocenters. The number of hydrogen-bond donors (Lipinski definition) is 1. The summed E-state index contributed by atoms with van der Waals surface area (Å²) in [4.78, 5) is 2.17. The Morgan fingerprint density at radius 2 is 1.95 bits per heavy atom. The molecule has 1 saturated carbocycles. The highest BCUT2D eigenvalue weighted by Crippen LogP contribution is 2.28. The number of hydrogen-bond acceptors (Lipinski definition) is 5. The average Bonchev–Trinajstić information content (AvgIpc) is 2.86. The van der Waals surface area contributed by atoms with E-state index in [2.05, 4.69) is 22.0 Å². The predicted molar refractivity (Wildman–Crippen MR) is 79.5 cm³/mol. The minimum Gasteiger partial charge on any atom is -0.419 e. The number of aliphatic hydroxyl groups excluding tert-OH is 1. The summed E-state index contributed by atoms with van der Waals surface area (Å²) < 4.78 is 5.72. The first-order valence-electron chi connectivity index (χ1n) is 7.36. The summed E-state index contributed by atoms with van der Waals surface area (Å²) in [5.74, 6) is 1.79. The van der Waals surface area contributed by atoms with Gasteiger partial charge in [-0.25, -0.2) is 0 Å². The van der Waals surface area contributed by atoms with E-state index in [1.165, 1.54) is 5.56 Å². The molecule has 1 aliphatic carbocycles. The van der Waals surface area contributed by atoms with Crippen molar-refractivity contribution in [2.24, 2.45) is 5.92 Å². The van der Waals surface area contributed by atoms with Crippen LogP contribution >= 0.6 is 0 Å². The van der Waals surface area contributed by atoms with Crippen molar-refractivity contribution in [1.82, 2.24) is 15.1 Å². The standard InChI is InChI=1S/C16H21N3O2/c1-11-3-5-13(6-4-11)16-18-17-15(21-16)10-19(2)9-12-7-14(20)8-12/h3-6,12,14,20H,7-10H2,1-2H3. The fourth-order valence-corrected chi connectivity index (χ4v) is 2.72. The molecule has 1 fully saturated rings. The van der Waals surface area contributed by atoms with Crippen molar-refractivity contribution in [3.05, 3.63) is 35.7 Å². The second kappa shape index (κ2) is 5.95. The van der Waals surface area contributed by atoms with Gasteiger partial charge in [-0.3, -0.25) is 4.90 Å². The Hall–Kier alpha value is -1.72. The van der Waals surface area contributed by atoms with E-state index >= 15 is 0 Å². The first kappa shape index (κ1) is 14.2. The van der Waals surface area contributed by atoms with E-state index in [-0.39, 0.29) is 6.10 Å². The number of benzene rings is 1. The van der Waals surface area contributed by atoms with Crippen LogP contribution in [0.15, 0.2) is 28.7 Å². The number of aliphatic hydroxyl groups is 1. The molecule has 5 nitrogen and oxygen atoms in total. The van der Waals surface area contributed by atoms with Crippen molar-refractivity contribution < 1.29 is 9.52 Å². The van der Waals surface area contributed by atoms with Gasteiger partial charge in [-0.05, 0) is 44.9 Å². The van der Waals surface area contributed by atoms with Gasteiger partial charge in [0.2, 0.25) is 11.8 Å². The topological polar surface area (TPSA) is 62.4 Å². The van der Waals surface area contributed by atoms with E-state index in [4.69, 9.17) is 4.42 Å². The molecule has 1 aliphatic rings. The summed E-state index contributed by atoms with van der Waals surface area (Å²) in [6.07, 6.45) is 1.71. The lowest BCUT2D eigenvalue weighted by atomic mass is 9.82. The summed E-state index contributed by atoms with van der Waals surface area (Å²) >= 11 is 0. The van der Waals surface area contributed by atoms with Gasteiger partial charge in [-0.2, -0.15) is 0 Å². The quantitative estimate of drug-likeness (QED) is 0.914. The van der Waals surface area contributed by atoms with Crippen LogP contribution < -0.4 is 0 Å². The maximum absolute atomic E-state index is 9.31. The highest BCUT2D eigenvalue weighted by molar-refractivity contribution is 5.52. The van der Waals surface area contributed by atoms with Gasteiger partial charge in [0.25, 0.3) is 0 Å². The van der Waals surface area contributed by atoms with Crippen LogP contribution in [0.1, 0.15) is 24.3 Å². The lowest BCUT2D eigenvalue weighted by Crippen LogP contribution is -2.36. The van der Waals surface area contributed by atoms with Crippen LogP contribution in [0.5, 0.6) is 0 Å². The molecule has 0 amide bonds. The van der Waals surface area contributed by atoms with Gasteiger partial charge in [0.1, 0.15) is 0 Å². The predicted octanol–water partition coefficient (Wildman–Crippen LogP) is 2.25. The van der Waals surface area contributed by atoms with E-state index in [0.717, 1.165) is 24.9 Å². The van der Waals surface area contributed by atoms with E-state index < -0.39 is 0 Å². The summed E-state index contributed by atoms with van der Waals surface area (Å²) in [7, 11) is 2.04. The van der Waals surface area contributed by atoms with Gasteiger partial charge in [0.15, 0.2) is 0 Å². The van der Waals surface area contributed by atoms with Gasteiger partial charge in [0.05, 0.1) is 12.6 Å². The normalized spacial score (nSPS) is 21.5. The molecule has 0 unspecified atom stereocenters. The summed E-state index contributed by atoms with van der Waals surface area (Å²) in [5.41, 5.74) is 2.16. The third kappa shape index (κ3) is 3.49. The molecule has 0 aliphatic heterocycles. The third-order valence-corrected chi connectivity index (χ3v) is 3.95. The largest absolute Gasteiger partial charge is 0.419 e. The Balaban J connectivity index is 1.58. The molecule has 1 aromatic heterocycles. The molecule has 1 aromatic carbocycles. The SMILES string of the molecule is Cc1ccc(-c2nnc(CN(C)CC3CC(O)C3)o2)cc1. The zero-order valence-corrected chi connectivity index (χ0v) is 12.5. The maximum atomic E-state index is 9.31. The van der Waals surface area contributed by atoms with E-state index in [9.17, 15) is 5.11 Å². The molecular weight excluding hydrogens is 266 g/mol. The van der Waals surface area contributed by atoms with Crippen LogP contribution in [-0.2, 0) is 6.54 Å². The summed E-state index contributed by atoms with van der Waals surface area (Å²) in [6.45, 7) is 3.65. The molecule has 3 rings (SSSR count). The van der Waals surface area contributed by atoms with Crippen molar-refractivity contribution >= 4 is 0 Å². The summed E-state index contributed by atoms with van der Waals surface area (Å²) in [5, 5.41) is 17.5. The molecular formula is C16H21N3O2. The molecule has 2 aromatic rings. The van der Waals surface area contributed by atoms with Gasteiger partial charge < -0.3 is 9.52 Å². The van der Waals surface area contributed by atoms with Crippen LogP contribution in [0.25, 0.3) is 11.5 Å². The molecule has 0 spiro atoms. The molecule has 21 heavy (non-hydrogen) atoms. The van der Waals surface area contributed by atoms with Gasteiger partial charge >= 0.3 is 0 Å². The molecule has 1 heterocycles. The summed E-state index contributed by atoms with van der Waals surface area (Å²) in [6, 6.07) is 8.05. The monoisotopic (exact) mass is 287 g/mol. The lowest BCUT2D eigenvalue weighted by molar-refractivity contribution is 0.0264. The van der Waals surface area contributed by atoms with Gasteiger partial charge in [0, 0.05) is 12.1 Å². The van der Waals surface area contributed by atoms with Crippen molar-refractivity contribution in [3.63, 3.8) is 0 Å². The van der Waals surface area contributed by atoms with E-state index in [1.54, 1.807) is 0 Å². The average molecular weight is 287 g/mol. The number of aryl methyl sites for hydroxylation is 1. The van der Waals surface area contributed by atoms with Crippen LogP contribution in [0.3, 0.4) is 0 Å². The maximum Gasteiger partial charge on any atom is 0.247 e. The zero-order chi connectivity index (χ0) is 14.8. The van der Waals surface area contributed by atoms with Crippen molar-refractivity contribution in [2.45, 2.75) is 32.4 Å². The Bertz CT molecular complexity index is 588. The van der Waals surface area contributed by atoms with E-state index in [1.807, 2.05) is 31.3 Å². The molecule has 0 saturated heterocycles. The Labute approximate surface area is 124 Å². The number of rotatable bonds is 5. The Morgan fingerprint density at radius 1 is 1.24 bits per heavy atom. The van der Waals surface area contributed by atoms with Crippen molar-refractivity contribution in [3.8, 4) is 11.5 Å². The van der Waals surface area contributed by atoms with Crippen LogP contribution in [0.2, 0.25) is 0 Å². The third-order valence-electron chi connectivity index (χ3n) is 3.95. The molecule has 112 valence electrons. The second-order valence-corrected chi connectivity index (χ2v) is 6.05. The number of nitrogens with zero attached hydrogens (tertiary/aromatic N) is 3. The van der Waals surface area contributed by atoms with E-state index in [0.29, 0.717) is 24.2 Å². The fraction of sp³-hybridized carbons (Fsp3) is 0.500. The Kier molecular flexibility index (Phi) is 4.03. The molecule has 1 N–H and O–H groups in total. The van der Waals surface area contributed by atoms with Crippen LogP contribution in [-0.4, -0.2) is 39.9 Å². The van der Waals surface area contributed by atoms with Gasteiger partial charge in [-0.15, -0.1) is 10.2 Å². The highest BCUT2D eigenvalue weighted by Gasteiger charge is 2.28. The molecule has 0 bridgehead atoms. The highest BCUT2D eigenvalue weighted by atomic mass is 16.4.